The smallest absolute Gasteiger partial charge is 0.303 e. The summed E-state index contributed by atoms with van der Waals surface area (Å²) in [6.07, 6.45) is 3.13. The number of nitrogens with one attached hydrogen (secondary N) is 2. The molecule has 0 bridgehead atoms. The average molecular weight is 338 g/mol. The largest absolute Gasteiger partial charge is 0.481 e. The number of carbonyl (C=O) groups is 3. The van der Waals surface area contributed by atoms with Crippen LogP contribution in [-0.4, -0.2) is 28.9 Å². The van der Waals surface area contributed by atoms with Gasteiger partial charge in [-0.25, -0.2) is 0 Å². The van der Waals surface area contributed by atoms with Gasteiger partial charge in [-0.2, -0.15) is 0 Å². The molecule has 1 saturated carbocycles. The van der Waals surface area contributed by atoms with Crippen LogP contribution in [0.15, 0.2) is 0 Å². The third-order valence-electron chi connectivity index (χ3n) is 3.75. The van der Waals surface area contributed by atoms with E-state index in [1.54, 1.807) is 0 Å². The first kappa shape index (κ1) is 17.5. The molecule has 2 amide bonds. The summed E-state index contributed by atoms with van der Waals surface area (Å²) in [5.41, 5.74) is 1.53. The van der Waals surface area contributed by atoms with E-state index in [-0.39, 0.29) is 37.1 Å². The molecule has 23 heavy (non-hydrogen) atoms. The molecule has 1 aromatic heterocycles. The Morgan fingerprint density at radius 1 is 1.26 bits per heavy atom. The number of hydrogen-bond donors (Lipinski definition) is 3. The summed E-state index contributed by atoms with van der Waals surface area (Å²) in [5.74, 6) is -1.30. The lowest BCUT2D eigenvalue weighted by Crippen LogP contribution is -2.27. The molecule has 0 aromatic carbocycles. The molecule has 1 aliphatic rings. The molecule has 1 heterocycles. The van der Waals surface area contributed by atoms with Crippen molar-refractivity contribution in [1.82, 2.24) is 5.32 Å². The van der Waals surface area contributed by atoms with Crippen LogP contribution in [-0.2, 0) is 16.0 Å². The van der Waals surface area contributed by atoms with Gasteiger partial charge in [-0.05, 0) is 38.2 Å². The lowest BCUT2D eigenvalue weighted by Gasteiger charge is -2.09. The van der Waals surface area contributed by atoms with Crippen LogP contribution in [0.1, 0.15) is 59.8 Å². The summed E-state index contributed by atoms with van der Waals surface area (Å²) in [4.78, 5) is 36.0. The number of carboxylic acids is 1. The number of anilines is 1. The summed E-state index contributed by atoms with van der Waals surface area (Å²) in [7, 11) is 0. The molecule has 1 aromatic rings. The van der Waals surface area contributed by atoms with Gasteiger partial charge in [0.2, 0.25) is 5.91 Å². The molecule has 3 N–H and O–H groups in total. The van der Waals surface area contributed by atoms with Crippen molar-refractivity contribution in [3.05, 3.63) is 16.0 Å². The van der Waals surface area contributed by atoms with E-state index in [1.165, 1.54) is 11.3 Å². The van der Waals surface area contributed by atoms with E-state index in [2.05, 4.69) is 10.6 Å². The van der Waals surface area contributed by atoms with Crippen molar-refractivity contribution in [3.8, 4) is 0 Å². The van der Waals surface area contributed by atoms with Crippen molar-refractivity contribution in [2.75, 3.05) is 5.32 Å². The van der Waals surface area contributed by atoms with Crippen molar-refractivity contribution >= 4 is 34.1 Å². The molecule has 7 heteroatoms. The number of amides is 2. The van der Waals surface area contributed by atoms with Gasteiger partial charge in [0, 0.05) is 23.8 Å². The van der Waals surface area contributed by atoms with Crippen LogP contribution in [0, 0.1) is 6.92 Å². The zero-order valence-electron chi connectivity index (χ0n) is 13.4. The number of aryl methyl sites for hydroxylation is 1. The highest BCUT2D eigenvalue weighted by atomic mass is 32.1. The van der Waals surface area contributed by atoms with Gasteiger partial charge in [-0.3, -0.25) is 14.4 Å². The zero-order chi connectivity index (χ0) is 17.0. The van der Waals surface area contributed by atoms with Crippen LogP contribution in [0.4, 0.5) is 5.00 Å². The fourth-order valence-corrected chi connectivity index (χ4v) is 3.57. The predicted octanol–water partition coefficient (Wildman–Crippen LogP) is 2.70. The summed E-state index contributed by atoms with van der Waals surface area (Å²) in [6, 6.07) is 0.256. The summed E-state index contributed by atoms with van der Waals surface area (Å²) in [6.45, 7) is 3.93. The zero-order valence-corrected chi connectivity index (χ0v) is 14.2. The molecular formula is C16H22N2O4S. The second-order valence-electron chi connectivity index (χ2n) is 5.74. The van der Waals surface area contributed by atoms with Crippen molar-refractivity contribution in [2.45, 2.75) is 58.4 Å². The molecule has 0 saturated heterocycles. The Labute approximate surface area is 139 Å². The van der Waals surface area contributed by atoms with E-state index in [0.717, 1.165) is 29.7 Å². The van der Waals surface area contributed by atoms with Gasteiger partial charge in [0.1, 0.15) is 5.00 Å². The Kier molecular flexibility index (Phi) is 5.76. The topological polar surface area (TPSA) is 95.5 Å². The Morgan fingerprint density at radius 2 is 1.96 bits per heavy atom. The molecule has 0 aliphatic heterocycles. The van der Waals surface area contributed by atoms with Gasteiger partial charge in [0.15, 0.2) is 0 Å². The van der Waals surface area contributed by atoms with Gasteiger partial charge in [-0.15, -0.1) is 11.3 Å². The van der Waals surface area contributed by atoms with Crippen LogP contribution in [0.25, 0.3) is 0 Å². The van der Waals surface area contributed by atoms with Gasteiger partial charge in [-0.1, -0.05) is 6.92 Å². The summed E-state index contributed by atoms with van der Waals surface area (Å²) < 4.78 is 0. The number of aliphatic carboxylic acids is 1. The monoisotopic (exact) mass is 338 g/mol. The first-order valence-electron chi connectivity index (χ1n) is 7.87. The number of rotatable bonds is 8. The van der Waals surface area contributed by atoms with Crippen LogP contribution in [0.2, 0.25) is 0 Å². The van der Waals surface area contributed by atoms with E-state index >= 15 is 0 Å². The first-order valence-corrected chi connectivity index (χ1v) is 8.68. The standard InChI is InChI=1S/C16H22N2O4S/c1-3-11-9(2)23-16(14(11)15(22)17-10-7-8-10)18-12(19)5-4-6-13(20)21/h10H,3-8H2,1-2H3,(H,17,22)(H,18,19)(H,20,21). The van der Waals surface area contributed by atoms with E-state index in [0.29, 0.717) is 10.6 Å². The van der Waals surface area contributed by atoms with Crippen molar-refractivity contribution < 1.29 is 19.5 Å². The van der Waals surface area contributed by atoms with Gasteiger partial charge >= 0.3 is 5.97 Å². The molecule has 0 unspecified atom stereocenters. The maximum absolute atomic E-state index is 12.5. The highest BCUT2D eigenvalue weighted by Crippen LogP contribution is 2.34. The third kappa shape index (κ3) is 4.79. The minimum Gasteiger partial charge on any atom is -0.481 e. The number of carbonyl (C=O) groups excluding carboxylic acids is 2. The quantitative estimate of drug-likeness (QED) is 0.679. The first-order chi connectivity index (χ1) is 10.9. The van der Waals surface area contributed by atoms with Gasteiger partial charge < -0.3 is 15.7 Å². The minimum atomic E-state index is -0.914. The SMILES string of the molecule is CCc1c(C)sc(NC(=O)CCCC(=O)O)c1C(=O)NC1CC1. The van der Waals surface area contributed by atoms with E-state index in [9.17, 15) is 14.4 Å². The molecule has 126 valence electrons. The van der Waals surface area contributed by atoms with Crippen LogP contribution < -0.4 is 10.6 Å². The Hall–Kier alpha value is -1.89. The van der Waals surface area contributed by atoms with Crippen molar-refractivity contribution in [2.24, 2.45) is 0 Å². The van der Waals surface area contributed by atoms with Gasteiger partial charge in [0.25, 0.3) is 5.91 Å². The second kappa shape index (κ2) is 7.59. The molecule has 2 rings (SSSR count). The Morgan fingerprint density at radius 3 is 2.52 bits per heavy atom. The minimum absolute atomic E-state index is 0.0356. The normalized spacial score (nSPS) is 13.7. The highest BCUT2D eigenvalue weighted by molar-refractivity contribution is 7.16. The summed E-state index contributed by atoms with van der Waals surface area (Å²) in [5, 5.41) is 14.9. The molecule has 6 nitrogen and oxygen atoms in total. The van der Waals surface area contributed by atoms with Gasteiger partial charge in [0.05, 0.1) is 5.56 Å². The Balaban J connectivity index is 2.08. The highest BCUT2D eigenvalue weighted by Gasteiger charge is 2.28. The fraction of sp³-hybridized carbons (Fsp3) is 0.562. The van der Waals surface area contributed by atoms with Crippen LogP contribution in [0.5, 0.6) is 0 Å². The van der Waals surface area contributed by atoms with E-state index in [1.807, 2.05) is 13.8 Å². The van der Waals surface area contributed by atoms with E-state index in [4.69, 9.17) is 5.11 Å². The molecule has 1 fully saturated rings. The number of thiophene rings is 1. The average Bonchev–Trinajstić information content (AvgIpc) is 3.21. The molecule has 1 aliphatic carbocycles. The lowest BCUT2D eigenvalue weighted by molar-refractivity contribution is -0.137. The van der Waals surface area contributed by atoms with Crippen molar-refractivity contribution in [3.63, 3.8) is 0 Å². The molecular weight excluding hydrogens is 316 g/mol. The van der Waals surface area contributed by atoms with Crippen LogP contribution >= 0.6 is 11.3 Å². The molecule has 0 spiro atoms. The number of carboxylic acid groups (broad SMARTS) is 1. The molecule has 0 radical (unpaired) electrons. The molecule has 0 atom stereocenters. The number of hydrogen-bond acceptors (Lipinski definition) is 4. The fourth-order valence-electron chi connectivity index (χ4n) is 2.41. The van der Waals surface area contributed by atoms with Crippen LogP contribution in [0.3, 0.4) is 0 Å². The maximum atomic E-state index is 12.5. The van der Waals surface area contributed by atoms with Crippen molar-refractivity contribution in [1.29, 1.82) is 0 Å². The maximum Gasteiger partial charge on any atom is 0.303 e. The predicted molar refractivity (Wildman–Crippen MR) is 89.0 cm³/mol. The second-order valence-corrected chi connectivity index (χ2v) is 6.96. The Bertz CT molecular complexity index is 620. The summed E-state index contributed by atoms with van der Waals surface area (Å²) >= 11 is 1.40. The third-order valence-corrected chi connectivity index (χ3v) is 4.81. The lowest BCUT2D eigenvalue weighted by atomic mass is 10.1. The van der Waals surface area contributed by atoms with E-state index < -0.39 is 5.97 Å².